The lowest BCUT2D eigenvalue weighted by atomic mass is 10.1. The van der Waals surface area contributed by atoms with Gasteiger partial charge in [-0.25, -0.2) is 0 Å². The van der Waals surface area contributed by atoms with Gasteiger partial charge in [0.2, 0.25) is 5.91 Å². The number of hydrogen-bond acceptors (Lipinski definition) is 2. The average molecular weight is 348 g/mol. The number of hydrogen-bond donors (Lipinski definition) is 1. The zero-order chi connectivity index (χ0) is 13.0. The molecule has 1 heterocycles. The van der Waals surface area contributed by atoms with Crippen molar-refractivity contribution in [2.24, 2.45) is 0 Å². The molecule has 19 heavy (non-hydrogen) atoms. The second kappa shape index (κ2) is 7.88. The van der Waals surface area contributed by atoms with Gasteiger partial charge in [0.05, 0.1) is 6.42 Å². The van der Waals surface area contributed by atoms with Crippen LogP contribution in [0.2, 0.25) is 0 Å². The Morgan fingerprint density at radius 3 is 2.89 bits per heavy atom. The molecule has 1 aromatic carbocycles. The summed E-state index contributed by atoms with van der Waals surface area (Å²) in [5, 5.41) is 3.17. The van der Waals surface area contributed by atoms with Crippen LogP contribution in [0.1, 0.15) is 18.4 Å². The molecule has 2 rings (SSSR count). The second-order valence-electron chi connectivity index (χ2n) is 4.71. The first-order valence-corrected chi connectivity index (χ1v) is 7.19. The van der Waals surface area contributed by atoms with E-state index in [0.29, 0.717) is 12.5 Å². The fourth-order valence-corrected chi connectivity index (χ4v) is 2.94. The van der Waals surface area contributed by atoms with Crippen molar-refractivity contribution in [3.8, 4) is 0 Å². The molecule has 0 saturated carbocycles. The Labute approximate surface area is 129 Å². The van der Waals surface area contributed by atoms with Gasteiger partial charge in [0.1, 0.15) is 0 Å². The quantitative estimate of drug-likeness (QED) is 0.908. The largest absolute Gasteiger partial charge is 0.338 e. The van der Waals surface area contributed by atoms with E-state index in [-0.39, 0.29) is 18.3 Å². The number of amides is 1. The Kier molecular flexibility index (Phi) is 6.83. The first kappa shape index (κ1) is 16.5. The summed E-state index contributed by atoms with van der Waals surface area (Å²) in [7, 11) is 1.94. The number of benzene rings is 1. The predicted molar refractivity (Wildman–Crippen MR) is 83.8 cm³/mol. The summed E-state index contributed by atoms with van der Waals surface area (Å²) in [6.45, 7) is 1.79. The average Bonchev–Trinajstić information content (AvgIpc) is 2.81. The Hall–Kier alpha value is -0.580. The molecule has 1 fully saturated rings. The molecule has 1 aliphatic rings. The van der Waals surface area contributed by atoms with Crippen molar-refractivity contribution in [3.63, 3.8) is 0 Å². The highest BCUT2D eigenvalue weighted by molar-refractivity contribution is 9.10. The number of nitrogens with zero attached hydrogens (tertiary/aromatic N) is 1. The number of halogens is 2. The van der Waals surface area contributed by atoms with Crippen molar-refractivity contribution < 1.29 is 4.79 Å². The Balaban J connectivity index is 0.00000180. The lowest BCUT2D eigenvalue weighted by Crippen LogP contribution is -2.41. The van der Waals surface area contributed by atoms with E-state index >= 15 is 0 Å². The first-order chi connectivity index (χ1) is 8.72. The zero-order valence-electron chi connectivity index (χ0n) is 11.1. The van der Waals surface area contributed by atoms with Crippen molar-refractivity contribution in [1.29, 1.82) is 0 Å². The van der Waals surface area contributed by atoms with Crippen LogP contribution in [0.25, 0.3) is 0 Å². The second-order valence-corrected chi connectivity index (χ2v) is 5.56. The van der Waals surface area contributed by atoms with Crippen LogP contribution in [-0.2, 0) is 11.2 Å². The number of likely N-dealkylation sites (tertiary alicyclic amines) is 1. The van der Waals surface area contributed by atoms with Crippen molar-refractivity contribution >= 4 is 34.2 Å². The van der Waals surface area contributed by atoms with Crippen molar-refractivity contribution in [2.75, 3.05) is 20.1 Å². The van der Waals surface area contributed by atoms with Gasteiger partial charge in [-0.05, 0) is 31.5 Å². The SMILES string of the molecule is CNCC1CCCN1C(=O)Cc1ccccc1Br.Cl. The van der Waals surface area contributed by atoms with Crippen LogP contribution in [0.4, 0.5) is 0 Å². The fourth-order valence-electron chi connectivity index (χ4n) is 2.52. The molecular formula is C14H20BrClN2O. The molecule has 0 spiro atoms. The molecule has 3 nitrogen and oxygen atoms in total. The number of nitrogens with one attached hydrogen (secondary N) is 1. The third kappa shape index (κ3) is 4.20. The highest BCUT2D eigenvalue weighted by atomic mass is 79.9. The third-order valence-corrected chi connectivity index (χ3v) is 4.21. The van der Waals surface area contributed by atoms with Crippen LogP contribution in [-0.4, -0.2) is 37.0 Å². The Morgan fingerprint density at radius 1 is 1.47 bits per heavy atom. The van der Waals surface area contributed by atoms with Gasteiger partial charge in [0, 0.05) is 23.6 Å². The standard InChI is InChI=1S/C14H19BrN2O.ClH/c1-16-10-12-6-4-8-17(12)14(18)9-11-5-2-3-7-13(11)15;/h2-3,5,7,12,16H,4,6,8-10H2,1H3;1H. The van der Waals surface area contributed by atoms with Crippen molar-refractivity contribution in [2.45, 2.75) is 25.3 Å². The van der Waals surface area contributed by atoms with Gasteiger partial charge in [0.15, 0.2) is 0 Å². The molecule has 1 amide bonds. The highest BCUT2D eigenvalue weighted by Crippen LogP contribution is 2.21. The smallest absolute Gasteiger partial charge is 0.227 e. The molecule has 106 valence electrons. The normalized spacial score (nSPS) is 18.2. The van der Waals surface area contributed by atoms with E-state index in [9.17, 15) is 4.79 Å². The van der Waals surface area contributed by atoms with E-state index in [0.717, 1.165) is 36.0 Å². The summed E-state index contributed by atoms with van der Waals surface area (Å²) in [5.74, 6) is 0.236. The number of carbonyl (C=O) groups excluding carboxylic acids is 1. The van der Waals surface area contributed by atoms with Crippen LogP contribution in [0.15, 0.2) is 28.7 Å². The molecule has 0 bridgehead atoms. The van der Waals surface area contributed by atoms with Gasteiger partial charge < -0.3 is 10.2 Å². The summed E-state index contributed by atoms with van der Waals surface area (Å²) in [4.78, 5) is 14.4. The summed E-state index contributed by atoms with van der Waals surface area (Å²) in [5.41, 5.74) is 1.07. The van der Waals surface area contributed by atoms with E-state index in [1.165, 1.54) is 0 Å². The summed E-state index contributed by atoms with van der Waals surface area (Å²) in [6, 6.07) is 8.30. The zero-order valence-corrected chi connectivity index (χ0v) is 13.5. The van der Waals surface area contributed by atoms with Crippen LogP contribution in [0.3, 0.4) is 0 Å². The molecule has 1 saturated heterocycles. The van der Waals surface area contributed by atoms with Gasteiger partial charge in [-0.1, -0.05) is 34.1 Å². The Morgan fingerprint density at radius 2 is 2.21 bits per heavy atom. The summed E-state index contributed by atoms with van der Waals surface area (Å²) >= 11 is 3.50. The molecule has 1 atom stereocenters. The van der Waals surface area contributed by atoms with Gasteiger partial charge in [-0.3, -0.25) is 4.79 Å². The number of rotatable bonds is 4. The lowest BCUT2D eigenvalue weighted by molar-refractivity contribution is -0.131. The number of carbonyl (C=O) groups is 1. The van der Waals surface area contributed by atoms with Crippen LogP contribution in [0, 0.1) is 0 Å². The van der Waals surface area contributed by atoms with E-state index in [2.05, 4.69) is 21.2 Å². The first-order valence-electron chi connectivity index (χ1n) is 6.40. The summed E-state index contributed by atoms with van der Waals surface area (Å²) in [6.07, 6.45) is 2.72. The third-order valence-electron chi connectivity index (χ3n) is 3.44. The molecule has 1 N–H and O–H groups in total. The monoisotopic (exact) mass is 346 g/mol. The highest BCUT2D eigenvalue weighted by Gasteiger charge is 2.27. The predicted octanol–water partition coefficient (Wildman–Crippen LogP) is 2.62. The molecule has 0 radical (unpaired) electrons. The topological polar surface area (TPSA) is 32.3 Å². The molecular weight excluding hydrogens is 328 g/mol. The van der Waals surface area contributed by atoms with Crippen LogP contribution >= 0.6 is 28.3 Å². The molecule has 0 aliphatic carbocycles. The molecule has 1 aliphatic heterocycles. The van der Waals surface area contributed by atoms with Gasteiger partial charge in [-0.2, -0.15) is 0 Å². The number of likely N-dealkylation sites (N-methyl/N-ethyl adjacent to an activating group) is 1. The minimum Gasteiger partial charge on any atom is -0.338 e. The van der Waals surface area contributed by atoms with E-state index in [1.54, 1.807) is 0 Å². The lowest BCUT2D eigenvalue weighted by Gasteiger charge is -2.24. The molecule has 1 aromatic rings. The van der Waals surface area contributed by atoms with Crippen LogP contribution < -0.4 is 5.32 Å². The Bertz CT molecular complexity index is 428. The van der Waals surface area contributed by atoms with Crippen molar-refractivity contribution in [3.05, 3.63) is 34.3 Å². The van der Waals surface area contributed by atoms with E-state index < -0.39 is 0 Å². The minimum atomic E-state index is 0. The van der Waals surface area contributed by atoms with Crippen LogP contribution in [0.5, 0.6) is 0 Å². The minimum absolute atomic E-state index is 0. The van der Waals surface area contributed by atoms with E-state index in [4.69, 9.17) is 0 Å². The maximum atomic E-state index is 12.3. The van der Waals surface area contributed by atoms with E-state index in [1.807, 2.05) is 36.2 Å². The van der Waals surface area contributed by atoms with Gasteiger partial charge >= 0.3 is 0 Å². The van der Waals surface area contributed by atoms with Gasteiger partial charge in [-0.15, -0.1) is 12.4 Å². The maximum absolute atomic E-state index is 12.3. The van der Waals surface area contributed by atoms with Crippen molar-refractivity contribution in [1.82, 2.24) is 10.2 Å². The molecule has 0 aromatic heterocycles. The fraction of sp³-hybridized carbons (Fsp3) is 0.500. The summed E-state index contributed by atoms with van der Waals surface area (Å²) < 4.78 is 1.02. The molecule has 5 heteroatoms. The molecule has 1 unspecified atom stereocenters. The van der Waals surface area contributed by atoms with Gasteiger partial charge in [0.25, 0.3) is 0 Å². The maximum Gasteiger partial charge on any atom is 0.227 e.